The van der Waals surface area contributed by atoms with Crippen LogP contribution < -0.4 is 10.1 Å². The summed E-state index contributed by atoms with van der Waals surface area (Å²) in [5.41, 5.74) is 5.01. The van der Waals surface area contributed by atoms with Gasteiger partial charge in [-0.25, -0.2) is 0 Å². The van der Waals surface area contributed by atoms with Gasteiger partial charge in [-0.15, -0.1) is 10.2 Å². The number of nitriles is 1. The normalized spacial score (nSPS) is 11.2. The smallest absolute Gasteiger partial charge is 0.268 e. The molecule has 0 spiro atoms. The number of amides is 1. The Bertz CT molecular complexity index is 1410. The molecular formula is C26H23N5O2S. The van der Waals surface area contributed by atoms with Gasteiger partial charge in [0.05, 0.1) is 0 Å². The van der Waals surface area contributed by atoms with Gasteiger partial charge in [0.2, 0.25) is 5.13 Å². The molecule has 7 nitrogen and oxygen atoms in total. The maximum Gasteiger partial charge on any atom is 0.268 e. The van der Waals surface area contributed by atoms with Crippen LogP contribution in [-0.2, 0) is 11.4 Å². The number of ether oxygens (including phenoxy) is 1. The zero-order chi connectivity index (χ0) is 24.1. The van der Waals surface area contributed by atoms with Gasteiger partial charge in [-0.3, -0.25) is 10.1 Å². The van der Waals surface area contributed by atoms with Gasteiger partial charge in [0.1, 0.15) is 24.0 Å². The highest BCUT2D eigenvalue weighted by atomic mass is 32.1. The van der Waals surface area contributed by atoms with Crippen molar-refractivity contribution in [3.8, 4) is 17.5 Å². The fourth-order valence-electron chi connectivity index (χ4n) is 3.41. The Morgan fingerprint density at radius 1 is 1.09 bits per heavy atom. The van der Waals surface area contributed by atoms with Crippen molar-refractivity contribution in [1.82, 2.24) is 14.8 Å². The van der Waals surface area contributed by atoms with E-state index < -0.39 is 5.91 Å². The van der Waals surface area contributed by atoms with Gasteiger partial charge in [-0.2, -0.15) is 5.26 Å². The lowest BCUT2D eigenvalue weighted by Gasteiger charge is -2.12. The van der Waals surface area contributed by atoms with Crippen LogP contribution in [0.3, 0.4) is 0 Å². The van der Waals surface area contributed by atoms with Crippen LogP contribution in [0.1, 0.15) is 27.4 Å². The molecule has 4 rings (SSSR count). The Labute approximate surface area is 202 Å². The average molecular weight is 470 g/mol. The van der Waals surface area contributed by atoms with Crippen molar-refractivity contribution in [1.29, 1.82) is 5.26 Å². The molecule has 0 bridgehead atoms. The quantitative estimate of drug-likeness (QED) is 0.290. The monoisotopic (exact) mass is 469 g/mol. The van der Waals surface area contributed by atoms with E-state index in [1.165, 1.54) is 11.3 Å². The molecule has 0 aliphatic heterocycles. The number of anilines is 1. The molecule has 0 aliphatic carbocycles. The number of nitrogens with one attached hydrogen (secondary N) is 1. The molecule has 0 fully saturated rings. The standard InChI is InChI=1S/C26H23N5O2S/c1-17-9-6-11-22(19(17)3)31-13-7-10-21(31)14-20(15-27)25(32)28-26-30-29-24(34-26)16-33-23-12-5-4-8-18(23)2/h4-14H,16H2,1-3H3,(H,28,30,32)/b20-14-. The molecular weight excluding hydrogens is 446 g/mol. The van der Waals surface area contributed by atoms with E-state index in [2.05, 4.69) is 15.5 Å². The number of carbonyl (C=O) groups is 1. The summed E-state index contributed by atoms with van der Waals surface area (Å²) in [7, 11) is 0. The van der Waals surface area contributed by atoms with Crippen LogP contribution in [0.4, 0.5) is 5.13 Å². The Hall–Kier alpha value is -4.22. The lowest BCUT2D eigenvalue weighted by Crippen LogP contribution is -2.13. The fraction of sp³-hybridized carbons (Fsp3) is 0.154. The maximum atomic E-state index is 12.8. The Morgan fingerprint density at radius 3 is 2.68 bits per heavy atom. The molecule has 8 heteroatoms. The van der Waals surface area contributed by atoms with Gasteiger partial charge >= 0.3 is 0 Å². The minimum Gasteiger partial charge on any atom is -0.486 e. The predicted octanol–water partition coefficient (Wildman–Crippen LogP) is 5.38. The van der Waals surface area contributed by atoms with E-state index in [-0.39, 0.29) is 12.2 Å². The lowest BCUT2D eigenvalue weighted by atomic mass is 10.1. The first-order chi connectivity index (χ1) is 16.5. The lowest BCUT2D eigenvalue weighted by molar-refractivity contribution is -0.112. The molecule has 0 aliphatic rings. The molecule has 1 amide bonds. The second kappa shape index (κ2) is 10.1. The van der Waals surface area contributed by atoms with Gasteiger partial charge in [0, 0.05) is 17.6 Å². The summed E-state index contributed by atoms with van der Waals surface area (Å²) >= 11 is 1.20. The van der Waals surface area contributed by atoms with E-state index >= 15 is 0 Å². The minimum absolute atomic E-state index is 0.0295. The predicted molar refractivity (Wildman–Crippen MR) is 133 cm³/mol. The summed E-state index contributed by atoms with van der Waals surface area (Å²) in [5, 5.41) is 21.3. The first-order valence-electron chi connectivity index (χ1n) is 10.6. The number of carbonyl (C=O) groups excluding carboxylic acids is 1. The Balaban J connectivity index is 1.48. The molecule has 2 aromatic carbocycles. The van der Waals surface area contributed by atoms with Crippen molar-refractivity contribution in [2.75, 3.05) is 5.32 Å². The summed E-state index contributed by atoms with van der Waals surface area (Å²) in [4.78, 5) is 12.8. The first-order valence-corrected chi connectivity index (χ1v) is 11.5. The van der Waals surface area contributed by atoms with Crippen LogP contribution in [0.5, 0.6) is 5.75 Å². The zero-order valence-corrected chi connectivity index (χ0v) is 19.9. The molecule has 4 aromatic rings. The highest BCUT2D eigenvalue weighted by molar-refractivity contribution is 7.15. The zero-order valence-electron chi connectivity index (χ0n) is 19.1. The molecule has 0 atom stereocenters. The Morgan fingerprint density at radius 2 is 1.88 bits per heavy atom. The summed E-state index contributed by atoms with van der Waals surface area (Å²) in [6.45, 7) is 6.30. The molecule has 0 radical (unpaired) electrons. The van der Waals surface area contributed by atoms with Crippen LogP contribution in [-0.4, -0.2) is 20.7 Å². The van der Waals surface area contributed by atoms with Crippen LogP contribution in [0, 0.1) is 32.1 Å². The van der Waals surface area contributed by atoms with Crippen molar-refractivity contribution in [3.05, 3.63) is 93.8 Å². The van der Waals surface area contributed by atoms with Crippen LogP contribution in [0.15, 0.2) is 66.4 Å². The number of hydrogen-bond acceptors (Lipinski definition) is 6. The molecule has 0 saturated heterocycles. The van der Waals surface area contributed by atoms with E-state index in [1.807, 2.05) is 92.2 Å². The molecule has 2 heterocycles. The summed E-state index contributed by atoms with van der Waals surface area (Å²) in [5.74, 6) is 0.226. The van der Waals surface area contributed by atoms with E-state index in [0.717, 1.165) is 33.8 Å². The number of rotatable bonds is 7. The van der Waals surface area contributed by atoms with Crippen molar-refractivity contribution in [2.45, 2.75) is 27.4 Å². The number of benzene rings is 2. The first kappa shape index (κ1) is 23.0. The largest absolute Gasteiger partial charge is 0.486 e. The number of aryl methyl sites for hydroxylation is 2. The van der Waals surface area contributed by atoms with E-state index in [0.29, 0.717) is 10.1 Å². The Kier molecular flexibility index (Phi) is 6.85. The average Bonchev–Trinajstić information content (AvgIpc) is 3.48. The van der Waals surface area contributed by atoms with E-state index in [9.17, 15) is 10.1 Å². The molecule has 0 unspecified atom stereocenters. The van der Waals surface area contributed by atoms with Crippen LogP contribution >= 0.6 is 11.3 Å². The molecule has 170 valence electrons. The maximum absolute atomic E-state index is 12.8. The van der Waals surface area contributed by atoms with Crippen LogP contribution in [0.2, 0.25) is 0 Å². The molecule has 0 saturated carbocycles. The SMILES string of the molecule is Cc1ccccc1OCc1nnc(NC(=O)/C(C#N)=C\c2cccn2-c2cccc(C)c2C)s1. The van der Waals surface area contributed by atoms with E-state index in [1.54, 1.807) is 6.08 Å². The number of hydrogen-bond donors (Lipinski definition) is 1. The van der Waals surface area contributed by atoms with Gasteiger partial charge in [-0.1, -0.05) is 41.7 Å². The van der Waals surface area contributed by atoms with Crippen molar-refractivity contribution in [3.63, 3.8) is 0 Å². The fourth-order valence-corrected chi connectivity index (χ4v) is 4.06. The second-order valence-corrected chi connectivity index (χ2v) is 8.76. The third-order valence-corrected chi connectivity index (χ3v) is 6.22. The van der Waals surface area contributed by atoms with Gasteiger partial charge in [0.25, 0.3) is 5.91 Å². The number of para-hydroxylation sites is 1. The van der Waals surface area contributed by atoms with Gasteiger partial charge in [0.15, 0.2) is 5.01 Å². The second-order valence-electron chi connectivity index (χ2n) is 7.70. The minimum atomic E-state index is -0.543. The third kappa shape index (κ3) is 5.05. The number of nitrogens with zero attached hydrogens (tertiary/aromatic N) is 4. The summed E-state index contributed by atoms with van der Waals surface area (Å²) < 4.78 is 7.74. The highest BCUT2D eigenvalue weighted by Crippen LogP contribution is 2.23. The van der Waals surface area contributed by atoms with Crippen LogP contribution in [0.25, 0.3) is 11.8 Å². The van der Waals surface area contributed by atoms with Gasteiger partial charge < -0.3 is 9.30 Å². The summed E-state index contributed by atoms with van der Waals surface area (Å²) in [6.07, 6.45) is 3.48. The third-order valence-electron chi connectivity index (χ3n) is 5.41. The van der Waals surface area contributed by atoms with E-state index in [4.69, 9.17) is 4.74 Å². The number of aromatic nitrogens is 3. The van der Waals surface area contributed by atoms with Crippen molar-refractivity contribution in [2.24, 2.45) is 0 Å². The highest BCUT2D eigenvalue weighted by Gasteiger charge is 2.15. The van der Waals surface area contributed by atoms with Crippen molar-refractivity contribution >= 4 is 28.5 Å². The topological polar surface area (TPSA) is 92.8 Å². The van der Waals surface area contributed by atoms with Gasteiger partial charge in [-0.05, 0) is 67.8 Å². The molecule has 2 aromatic heterocycles. The molecule has 34 heavy (non-hydrogen) atoms. The van der Waals surface area contributed by atoms with Crippen molar-refractivity contribution < 1.29 is 9.53 Å². The molecule has 1 N–H and O–H groups in total. The summed E-state index contributed by atoms with van der Waals surface area (Å²) in [6, 6.07) is 19.5.